The number of urea groups is 1. The van der Waals surface area contributed by atoms with Crippen LogP contribution in [0.3, 0.4) is 0 Å². The Hall–Kier alpha value is -2.73. The minimum absolute atomic E-state index is 0.0101. The van der Waals surface area contributed by atoms with Crippen molar-refractivity contribution in [1.29, 1.82) is 0 Å². The van der Waals surface area contributed by atoms with Gasteiger partial charge in [-0.05, 0) is 55.5 Å². The van der Waals surface area contributed by atoms with Crippen LogP contribution in [-0.4, -0.2) is 43.1 Å². The molecule has 136 valence electrons. The van der Waals surface area contributed by atoms with E-state index in [2.05, 4.69) is 5.32 Å². The number of rotatable bonds is 6. The Labute approximate surface area is 157 Å². The van der Waals surface area contributed by atoms with Crippen LogP contribution in [0.1, 0.15) is 6.92 Å². The molecule has 2 aromatic carbocycles. The van der Waals surface area contributed by atoms with Crippen LogP contribution >= 0.6 is 11.6 Å². The van der Waals surface area contributed by atoms with Crippen molar-refractivity contribution in [3.05, 3.63) is 53.6 Å². The summed E-state index contributed by atoms with van der Waals surface area (Å²) in [4.78, 5) is 27.9. The highest BCUT2D eigenvalue weighted by atomic mass is 35.5. The number of hydrogen-bond acceptors (Lipinski definition) is 3. The van der Waals surface area contributed by atoms with Gasteiger partial charge in [-0.3, -0.25) is 9.69 Å². The van der Waals surface area contributed by atoms with Crippen LogP contribution < -0.4 is 15.0 Å². The molecule has 0 saturated carbocycles. The molecule has 3 amide bonds. The van der Waals surface area contributed by atoms with Crippen LogP contribution in [0.2, 0.25) is 5.02 Å². The maximum absolute atomic E-state index is 12.5. The van der Waals surface area contributed by atoms with Gasteiger partial charge in [0.25, 0.3) is 0 Å². The second-order valence-electron chi connectivity index (χ2n) is 5.84. The van der Waals surface area contributed by atoms with Gasteiger partial charge in [0, 0.05) is 29.5 Å². The van der Waals surface area contributed by atoms with E-state index in [0.29, 0.717) is 30.4 Å². The first-order valence-electron chi connectivity index (χ1n) is 8.41. The molecule has 1 fully saturated rings. The average molecular weight is 374 g/mol. The van der Waals surface area contributed by atoms with Crippen molar-refractivity contribution in [3.63, 3.8) is 0 Å². The number of amides is 3. The molecule has 1 N–H and O–H groups in total. The Bertz CT molecular complexity index is 778. The number of hydrogen-bond donors (Lipinski definition) is 1. The van der Waals surface area contributed by atoms with E-state index in [1.165, 1.54) is 4.90 Å². The topological polar surface area (TPSA) is 61.9 Å². The summed E-state index contributed by atoms with van der Waals surface area (Å²) in [6, 6.07) is 14.0. The third-order valence-electron chi connectivity index (χ3n) is 4.02. The van der Waals surface area contributed by atoms with Crippen molar-refractivity contribution in [2.45, 2.75) is 6.92 Å². The molecule has 0 unspecified atom stereocenters. The van der Waals surface area contributed by atoms with Gasteiger partial charge >= 0.3 is 6.03 Å². The maximum atomic E-state index is 12.5. The molecule has 2 aromatic rings. The van der Waals surface area contributed by atoms with Gasteiger partial charge in [-0.25, -0.2) is 4.79 Å². The van der Waals surface area contributed by atoms with Crippen LogP contribution in [0.15, 0.2) is 48.5 Å². The Kier molecular flexibility index (Phi) is 5.63. The van der Waals surface area contributed by atoms with E-state index >= 15 is 0 Å². The van der Waals surface area contributed by atoms with Gasteiger partial charge in [0.1, 0.15) is 12.3 Å². The molecule has 0 atom stereocenters. The minimum Gasteiger partial charge on any atom is -0.494 e. The smallest absolute Gasteiger partial charge is 0.325 e. The zero-order chi connectivity index (χ0) is 18.5. The van der Waals surface area contributed by atoms with E-state index in [1.54, 1.807) is 53.4 Å². The Morgan fingerprint density at radius 2 is 1.81 bits per heavy atom. The van der Waals surface area contributed by atoms with Crippen LogP contribution in [0.5, 0.6) is 5.75 Å². The van der Waals surface area contributed by atoms with Crippen molar-refractivity contribution in [3.8, 4) is 5.75 Å². The zero-order valence-electron chi connectivity index (χ0n) is 14.4. The first-order chi connectivity index (χ1) is 12.6. The molecule has 3 rings (SSSR count). The van der Waals surface area contributed by atoms with Gasteiger partial charge < -0.3 is 15.0 Å². The zero-order valence-corrected chi connectivity index (χ0v) is 15.2. The van der Waals surface area contributed by atoms with E-state index < -0.39 is 0 Å². The van der Waals surface area contributed by atoms with Gasteiger partial charge in [-0.1, -0.05) is 11.6 Å². The fourth-order valence-corrected chi connectivity index (χ4v) is 2.89. The first kappa shape index (κ1) is 18.1. The number of benzene rings is 2. The van der Waals surface area contributed by atoms with Crippen LogP contribution in [0, 0.1) is 0 Å². The quantitative estimate of drug-likeness (QED) is 0.841. The third kappa shape index (κ3) is 4.26. The molecule has 1 aliphatic rings. The van der Waals surface area contributed by atoms with E-state index in [9.17, 15) is 9.59 Å². The molecule has 0 aliphatic carbocycles. The predicted molar refractivity (Wildman–Crippen MR) is 102 cm³/mol. The van der Waals surface area contributed by atoms with Crippen molar-refractivity contribution in [1.82, 2.24) is 4.90 Å². The lowest BCUT2D eigenvalue weighted by molar-refractivity contribution is -0.116. The van der Waals surface area contributed by atoms with Crippen LogP contribution in [0.4, 0.5) is 16.2 Å². The lowest BCUT2D eigenvalue weighted by atomic mass is 10.3. The molecule has 7 heteroatoms. The molecule has 1 heterocycles. The van der Waals surface area contributed by atoms with Gasteiger partial charge in [0.15, 0.2) is 0 Å². The Morgan fingerprint density at radius 3 is 2.46 bits per heavy atom. The Balaban J connectivity index is 1.56. The van der Waals surface area contributed by atoms with Crippen molar-refractivity contribution in [2.24, 2.45) is 0 Å². The second-order valence-corrected chi connectivity index (χ2v) is 6.27. The molecular weight excluding hydrogens is 354 g/mol. The highest BCUT2D eigenvalue weighted by molar-refractivity contribution is 6.30. The summed E-state index contributed by atoms with van der Waals surface area (Å²) in [5, 5.41) is 3.41. The van der Waals surface area contributed by atoms with Crippen molar-refractivity contribution in [2.75, 3.05) is 36.5 Å². The monoisotopic (exact) mass is 373 g/mol. The fourth-order valence-electron chi connectivity index (χ4n) is 2.76. The van der Waals surface area contributed by atoms with Crippen LogP contribution in [0.25, 0.3) is 0 Å². The molecule has 0 radical (unpaired) electrons. The van der Waals surface area contributed by atoms with Gasteiger partial charge in [0.05, 0.1) is 6.61 Å². The highest BCUT2D eigenvalue weighted by Crippen LogP contribution is 2.22. The number of carbonyl (C=O) groups excluding carboxylic acids is 2. The first-order valence-corrected chi connectivity index (χ1v) is 8.79. The Morgan fingerprint density at radius 1 is 1.12 bits per heavy atom. The number of halogens is 1. The molecule has 0 spiro atoms. The molecular formula is C19H20ClN3O3. The number of nitrogens with one attached hydrogen (secondary N) is 1. The summed E-state index contributed by atoms with van der Waals surface area (Å²) < 4.78 is 5.37. The number of nitrogens with zero attached hydrogens (tertiary/aromatic N) is 2. The van der Waals surface area contributed by atoms with E-state index in [0.717, 1.165) is 11.4 Å². The van der Waals surface area contributed by atoms with E-state index in [4.69, 9.17) is 16.3 Å². The van der Waals surface area contributed by atoms with Gasteiger partial charge in [0.2, 0.25) is 5.91 Å². The second kappa shape index (κ2) is 8.10. The standard InChI is InChI=1S/C19H20ClN3O3/c1-2-26-17-9-5-15(6-10-17)21-18(24)13-22-11-12-23(19(22)25)16-7-3-14(20)4-8-16/h3-10H,2,11-13H2,1H3,(H,21,24). The summed E-state index contributed by atoms with van der Waals surface area (Å²) in [5.41, 5.74) is 1.44. The van der Waals surface area contributed by atoms with Gasteiger partial charge in [-0.2, -0.15) is 0 Å². The van der Waals surface area contributed by atoms with Gasteiger partial charge in [-0.15, -0.1) is 0 Å². The maximum Gasteiger partial charge on any atom is 0.325 e. The molecule has 26 heavy (non-hydrogen) atoms. The molecule has 6 nitrogen and oxygen atoms in total. The largest absolute Gasteiger partial charge is 0.494 e. The summed E-state index contributed by atoms with van der Waals surface area (Å²) in [7, 11) is 0. The lowest BCUT2D eigenvalue weighted by Crippen LogP contribution is -2.37. The summed E-state index contributed by atoms with van der Waals surface area (Å²) in [5.74, 6) is 0.513. The summed E-state index contributed by atoms with van der Waals surface area (Å²) in [6.07, 6.45) is 0. The third-order valence-corrected chi connectivity index (χ3v) is 4.27. The highest BCUT2D eigenvalue weighted by Gasteiger charge is 2.30. The normalized spacial score (nSPS) is 13.8. The fraction of sp³-hybridized carbons (Fsp3) is 0.263. The molecule has 1 aliphatic heterocycles. The van der Waals surface area contributed by atoms with Crippen molar-refractivity contribution < 1.29 is 14.3 Å². The summed E-state index contributed by atoms with van der Waals surface area (Å²) in [6.45, 7) is 3.55. The average Bonchev–Trinajstić information content (AvgIpc) is 2.98. The summed E-state index contributed by atoms with van der Waals surface area (Å²) >= 11 is 5.88. The lowest BCUT2D eigenvalue weighted by Gasteiger charge is -2.18. The number of ether oxygens (including phenoxy) is 1. The molecule has 1 saturated heterocycles. The predicted octanol–water partition coefficient (Wildman–Crippen LogP) is 3.62. The van der Waals surface area contributed by atoms with Crippen LogP contribution in [-0.2, 0) is 4.79 Å². The van der Waals surface area contributed by atoms with Crippen molar-refractivity contribution >= 4 is 34.9 Å². The SMILES string of the molecule is CCOc1ccc(NC(=O)CN2CCN(c3ccc(Cl)cc3)C2=O)cc1. The minimum atomic E-state index is -0.236. The number of anilines is 2. The molecule has 0 bridgehead atoms. The number of carbonyl (C=O) groups is 2. The molecule has 0 aromatic heterocycles. The van der Waals surface area contributed by atoms with E-state index in [-0.39, 0.29) is 18.5 Å². The van der Waals surface area contributed by atoms with E-state index in [1.807, 2.05) is 6.92 Å².